The first-order valence-corrected chi connectivity index (χ1v) is 5.91. The molecule has 17 heavy (non-hydrogen) atoms. The highest BCUT2D eigenvalue weighted by Gasteiger charge is 2.29. The van der Waals surface area contributed by atoms with Gasteiger partial charge >= 0.3 is 0 Å². The minimum atomic E-state index is -0.381. The van der Waals surface area contributed by atoms with E-state index in [4.69, 9.17) is 10.5 Å². The lowest BCUT2D eigenvalue weighted by Gasteiger charge is -2.30. The highest BCUT2D eigenvalue weighted by atomic mass is 79.9. The van der Waals surface area contributed by atoms with Gasteiger partial charge in [-0.25, -0.2) is 0 Å². The molecule has 0 aliphatic heterocycles. The van der Waals surface area contributed by atoms with Gasteiger partial charge in [-0.15, -0.1) is 12.4 Å². The molecule has 0 spiro atoms. The summed E-state index contributed by atoms with van der Waals surface area (Å²) < 4.78 is 6.23. The fraction of sp³-hybridized carbons (Fsp3) is 0.500. The summed E-state index contributed by atoms with van der Waals surface area (Å²) in [5.41, 5.74) is 6.69. The van der Waals surface area contributed by atoms with E-state index in [1.165, 1.54) is 0 Å². The van der Waals surface area contributed by atoms with Crippen LogP contribution in [0, 0.1) is 5.41 Å². The third-order valence-corrected chi connectivity index (χ3v) is 3.27. The first kappa shape index (κ1) is 16.7. The molecule has 3 N–H and O–H groups in total. The van der Waals surface area contributed by atoms with Crippen LogP contribution in [-0.4, -0.2) is 18.8 Å². The number of aliphatic hydroxyl groups excluding tert-OH is 1. The zero-order valence-electron chi connectivity index (χ0n) is 10.2. The second-order valence-electron chi connectivity index (χ2n) is 4.51. The SMILES string of the molecule is COc1ccc(Br)cc1[C@@H](N)C(C)(C)CO.Cl. The van der Waals surface area contributed by atoms with Gasteiger partial charge < -0.3 is 15.6 Å². The number of rotatable bonds is 4. The van der Waals surface area contributed by atoms with Crippen molar-refractivity contribution in [1.29, 1.82) is 0 Å². The normalized spacial score (nSPS) is 12.8. The maximum Gasteiger partial charge on any atom is 0.123 e. The molecule has 0 aliphatic rings. The van der Waals surface area contributed by atoms with Gasteiger partial charge in [0.25, 0.3) is 0 Å². The predicted molar refractivity (Wildman–Crippen MR) is 75.7 cm³/mol. The molecule has 0 aromatic heterocycles. The summed E-state index contributed by atoms with van der Waals surface area (Å²) in [5, 5.41) is 9.33. The molecular formula is C12H19BrClNO2. The van der Waals surface area contributed by atoms with Crippen molar-refractivity contribution >= 4 is 28.3 Å². The molecule has 1 rings (SSSR count). The molecule has 0 saturated carbocycles. The second-order valence-corrected chi connectivity index (χ2v) is 5.43. The highest BCUT2D eigenvalue weighted by Crippen LogP contribution is 2.36. The summed E-state index contributed by atoms with van der Waals surface area (Å²) >= 11 is 3.41. The minimum Gasteiger partial charge on any atom is -0.496 e. The Kier molecular flexibility index (Phi) is 6.48. The first-order chi connectivity index (χ1) is 7.42. The summed E-state index contributed by atoms with van der Waals surface area (Å²) in [4.78, 5) is 0. The molecule has 3 nitrogen and oxygen atoms in total. The molecule has 1 aromatic rings. The summed E-state index contributed by atoms with van der Waals surface area (Å²) in [6.45, 7) is 3.89. The Balaban J connectivity index is 0.00000256. The first-order valence-electron chi connectivity index (χ1n) is 5.12. The molecular weight excluding hydrogens is 305 g/mol. The van der Waals surface area contributed by atoms with E-state index in [2.05, 4.69) is 15.9 Å². The van der Waals surface area contributed by atoms with Gasteiger partial charge in [0, 0.05) is 28.1 Å². The van der Waals surface area contributed by atoms with Crippen LogP contribution in [0.15, 0.2) is 22.7 Å². The van der Waals surface area contributed by atoms with E-state index < -0.39 is 0 Å². The number of ether oxygens (including phenoxy) is 1. The van der Waals surface area contributed by atoms with Crippen molar-refractivity contribution in [3.8, 4) is 5.75 Å². The summed E-state index contributed by atoms with van der Waals surface area (Å²) in [6.07, 6.45) is 0. The van der Waals surface area contributed by atoms with Crippen LogP contribution in [0.5, 0.6) is 5.75 Å². The lowest BCUT2D eigenvalue weighted by molar-refractivity contribution is 0.131. The van der Waals surface area contributed by atoms with Gasteiger partial charge in [0.15, 0.2) is 0 Å². The van der Waals surface area contributed by atoms with E-state index in [0.717, 1.165) is 15.8 Å². The number of hydrogen-bond donors (Lipinski definition) is 2. The Morgan fingerprint density at radius 1 is 1.47 bits per heavy atom. The van der Waals surface area contributed by atoms with E-state index in [0.29, 0.717) is 0 Å². The van der Waals surface area contributed by atoms with Crippen molar-refractivity contribution in [3.63, 3.8) is 0 Å². The Bertz CT molecular complexity index is 372. The average molecular weight is 325 g/mol. The maximum atomic E-state index is 9.33. The van der Waals surface area contributed by atoms with Crippen molar-refractivity contribution in [3.05, 3.63) is 28.2 Å². The monoisotopic (exact) mass is 323 g/mol. The molecule has 1 atom stereocenters. The number of benzene rings is 1. The molecule has 0 unspecified atom stereocenters. The van der Waals surface area contributed by atoms with Crippen molar-refractivity contribution in [2.45, 2.75) is 19.9 Å². The third kappa shape index (κ3) is 3.85. The quantitative estimate of drug-likeness (QED) is 0.895. The van der Waals surface area contributed by atoms with Crippen LogP contribution in [0.4, 0.5) is 0 Å². The Labute approximate surface area is 117 Å². The van der Waals surface area contributed by atoms with Gasteiger partial charge in [0.1, 0.15) is 5.75 Å². The lowest BCUT2D eigenvalue weighted by Crippen LogP contribution is -2.32. The van der Waals surface area contributed by atoms with Gasteiger partial charge in [-0.2, -0.15) is 0 Å². The lowest BCUT2D eigenvalue weighted by atomic mass is 9.81. The van der Waals surface area contributed by atoms with Crippen molar-refractivity contribution < 1.29 is 9.84 Å². The molecule has 0 saturated heterocycles. The largest absolute Gasteiger partial charge is 0.496 e. The van der Waals surface area contributed by atoms with Crippen LogP contribution < -0.4 is 10.5 Å². The zero-order valence-corrected chi connectivity index (χ0v) is 12.6. The van der Waals surface area contributed by atoms with Crippen LogP contribution in [0.1, 0.15) is 25.5 Å². The number of methoxy groups -OCH3 is 1. The fourth-order valence-electron chi connectivity index (χ4n) is 1.47. The van der Waals surface area contributed by atoms with Crippen molar-refractivity contribution in [2.75, 3.05) is 13.7 Å². The van der Waals surface area contributed by atoms with Crippen molar-refractivity contribution in [1.82, 2.24) is 0 Å². The number of hydrogen-bond acceptors (Lipinski definition) is 3. The van der Waals surface area contributed by atoms with E-state index >= 15 is 0 Å². The topological polar surface area (TPSA) is 55.5 Å². The molecule has 0 radical (unpaired) electrons. The average Bonchev–Trinajstić information content (AvgIpc) is 2.28. The minimum absolute atomic E-state index is 0. The smallest absolute Gasteiger partial charge is 0.123 e. The standard InChI is InChI=1S/C12H18BrNO2.ClH/c1-12(2,7-15)11(14)9-6-8(13)4-5-10(9)16-3;/h4-6,11,15H,7,14H2,1-3H3;1H/t11-;/m1./s1. The Morgan fingerprint density at radius 2 is 2.06 bits per heavy atom. The van der Waals surface area contributed by atoms with E-state index in [1.54, 1.807) is 7.11 Å². The molecule has 1 aromatic carbocycles. The summed E-state index contributed by atoms with van der Waals surface area (Å²) in [5.74, 6) is 0.747. The van der Waals surface area contributed by atoms with Crippen LogP contribution in [0.2, 0.25) is 0 Å². The molecule has 0 bridgehead atoms. The Hall–Kier alpha value is -0.290. The van der Waals surface area contributed by atoms with Crippen LogP contribution in [-0.2, 0) is 0 Å². The summed E-state index contributed by atoms with van der Waals surface area (Å²) in [6, 6.07) is 5.43. The highest BCUT2D eigenvalue weighted by molar-refractivity contribution is 9.10. The van der Waals surface area contributed by atoms with E-state index in [-0.39, 0.29) is 30.5 Å². The second kappa shape index (κ2) is 6.59. The fourth-order valence-corrected chi connectivity index (χ4v) is 1.85. The number of nitrogens with two attached hydrogens (primary N) is 1. The maximum absolute atomic E-state index is 9.33. The third-order valence-electron chi connectivity index (χ3n) is 2.78. The van der Waals surface area contributed by atoms with Gasteiger partial charge in [-0.3, -0.25) is 0 Å². The molecule has 0 fully saturated rings. The van der Waals surface area contributed by atoms with Gasteiger partial charge in [-0.05, 0) is 18.2 Å². The molecule has 0 amide bonds. The van der Waals surface area contributed by atoms with Crippen LogP contribution in [0.3, 0.4) is 0 Å². The zero-order chi connectivity index (χ0) is 12.3. The molecule has 0 heterocycles. The van der Waals surface area contributed by atoms with E-state index in [1.807, 2.05) is 32.0 Å². The molecule has 0 aliphatic carbocycles. The number of aliphatic hydroxyl groups is 1. The Morgan fingerprint density at radius 3 is 2.53 bits per heavy atom. The van der Waals surface area contributed by atoms with Gasteiger partial charge in [-0.1, -0.05) is 29.8 Å². The van der Waals surface area contributed by atoms with Crippen LogP contribution >= 0.6 is 28.3 Å². The van der Waals surface area contributed by atoms with Crippen molar-refractivity contribution in [2.24, 2.45) is 11.1 Å². The summed E-state index contributed by atoms with van der Waals surface area (Å²) in [7, 11) is 1.62. The molecule has 98 valence electrons. The molecule has 5 heteroatoms. The van der Waals surface area contributed by atoms with Gasteiger partial charge in [0.2, 0.25) is 0 Å². The number of halogens is 2. The van der Waals surface area contributed by atoms with Crippen LogP contribution in [0.25, 0.3) is 0 Å². The van der Waals surface area contributed by atoms with E-state index in [9.17, 15) is 5.11 Å². The predicted octanol–water partition coefficient (Wildman–Crippen LogP) is 2.90. The van der Waals surface area contributed by atoms with Gasteiger partial charge in [0.05, 0.1) is 7.11 Å².